The smallest absolute Gasteiger partial charge is 0.321 e. The Hall–Kier alpha value is -4.11. The molecule has 0 saturated carbocycles. The third kappa shape index (κ3) is 7.79. The van der Waals surface area contributed by atoms with Crippen LogP contribution in [0.25, 0.3) is 0 Å². The molecule has 8 nitrogen and oxygen atoms in total. The van der Waals surface area contributed by atoms with Crippen LogP contribution >= 0.6 is 0 Å². The second-order valence-electron chi connectivity index (χ2n) is 11.7. The summed E-state index contributed by atoms with van der Waals surface area (Å²) < 4.78 is 30.4. The van der Waals surface area contributed by atoms with E-state index in [1.165, 1.54) is 31.4 Å². The molecule has 1 fully saturated rings. The van der Waals surface area contributed by atoms with E-state index in [1.807, 2.05) is 0 Å². The number of urea groups is 1. The van der Waals surface area contributed by atoms with E-state index in [2.05, 4.69) is 19.2 Å². The molecule has 0 radical (unpaired) electrons. The molecule has 2 N–H and O–H groups in total. The van der Waals surface area contributed by atoms with Crippen molar-refractivity contribution < 1.29 is 33.3 Å². The Kier molecular flexibility index (Phi) is 9.41. The SMILES string of the molecule is COC(=O)C(C)(C)c1ccc(Oc2cc(NC(=O)N3CCC(O)(CC(C)C)CC3)cc(Oc3ccc(F)cc3)c2)cc1. The molecule has 0 aromatic heterocycles. The monoisotopic (exact) mass is 578 g/mol. The zero-order valence-electron chi connectivity index (χ0n) is 24.8. The van der Waals surface area contributed by atoms with E-state index in [-0.39, 0.29) is 17.8 Å². The van der Waals surface area contributed by atoms with Crippen molar-refractivity contribution in [1.82, 2.24) is 4.90 Å². The zero-order chi connectivity index (χ0) is 30.5. The number of amides is 2. The molecule has 1 aliphatic rings. The molecule has 0 spiro atoms. The van der Waals surface area contributed by atoms with Gasteiger partial charge in [0.1, 0.15) is 28.8 Å². The lowest BCUT2D eigenvalue weighted by molar-refractivity contribution is -0.146. The van der Waals surface area contributed by atoms with Crippen LogP contribution in [0.15, 0.2) is 66.7 Å². The van der Waals surface area contributed by atoms with Gasteiger partial charge < -0.3 is 29.5 Å². The van der Waals surface area contributed by atoms with Gasteiger partial charge in [-0.05, 0) is 81.0 Å². The maximum Gasteiger partial charge on any atom is 0.321 e. The lowest BCUT2D eigenvalue weighted by Crippen LogP contribution is -2.48. The number of carbonyl (C=O) groups excluding carboxylic acids is 2. The third-order valence-electron chi connectivity index (χ3n) is 7.46. The number of rotatable bonds is 9. The average molecular weight is 579 g/mol. The topological polar surface area (TPSA) is 97.3 Å². The molecule has 2 amide bonds. The fourth-order valence-electron chi connectivity index (χ4n) is 5.14. The molecular weight excluding hydrogens is 539 g/mol. The third-order valence-corrected chi connectivity index (χ3v) is 7.46. The van der Waals surface area contributed by atoms with Crippen molar-refractivity contribution in [2.45, 2.75) is 58.0 Å². The Labute approximate surface area is 246 Å². The lowest BCUT2D eigenvalue weighted by atomic mass is 9.84. The second-order valence-corrected chi connectivity index (χ2v) is 11.7. The maximum absolute atomic E-state index is 13.4. The Bertz CT molecular complexity index is 1380. The van der Waals surface area contributed by atoms with Crippen molar-refractivity contribution in [1.29, 1.82) is 0 Å². The fourth-order valence-corrected chi connectivity index (χ4v) is 5.14. The average Bonchev–Trinajstić information content (AvgIpc) is 2.93. The first-order chi connectivity index (χ1) is 19.9. The fraction of sp³-hybridized carbons (Fsp3) is 0.394. The van der Waals surface area contributed by atoms with Gasteiger partial charge in [0.25, 0.3) is 0 Å². The molecule has 9 heteroatoms. The predicted molar refractivity (Wildman–Crippen MR) is 159 cm³/mol. The number of anilines is 1. The summed E-state index contributed by atoms with van der Waals surface area (Å²) >= 11 is 0. The predicted octanol–water partition coefficient (Wildman–Crippen LogP) is 7.27. The van der Waals surface area contributed by atoms with E-state index < -0.39 is 11.0 Å². The number of hydrogen-bond acceptors (Lipinski definition) is 6. The van der Waals surface area contributed by atoms with Crippen molar-refractivity contribution in [2.75, 3.05) is 25.5 Å². The number of benzene rings is 3. The molecular formula is C33H39FN2O6. The van der Waals surface area contributed by atoms with E-state index >= 15 is 0 Å². The van der Waals surface area contributed by atoms with E-state index in [9.17, 15) is 19.1 Å². The van der Waals surface area contributed by atoms with Crippen molar-refractivity contribution in [3.63, 3.8) is 0 Å². The zero-order valence-corrected chi connectivity index (χ0v) is 24.8. The quantitative estimate of drug-likeness (QED) is 0.259. The summed E-state index contributed by atoms with van der Waals surface area (Å²) in [6.45, 7) is 8.61. The maximum atomic E-state index is 13.4. The highest BCUT2D eigenvalue weighted by Gasteiger charge is 2.34. The molecule has 42 heavy (non-hydrogen) atoms. The Morgan fingerprint density at radius 3 is 1.95 bits per heavy atom. The summed E-state index contributed by atoms with van der Waals surface area (Å²) in [4.78, 5) is 27.0. The molecule has 1 heterocycles. The van der Waals surface area contributed by atoms with Gasteiger partial charge in [0.2, 0.25) is 0 Å². The number of nitrogens with zero attached hydrogens (tertiary/aromatic N) is 1. The van der Waals surface area contributed by atoms with Crippen LogP contribution in [0.2, 0.25) is 0 Å². The molecule has 1 saturated heterocycles. The van der Waals surface area contributed by atoms with E-state index in [0.717, 1.165) is 5.56 Å². The van der Waals surface area contributed by atoms with E-state index in [4.69, 9.17) is 14.2 Å². The van der Waals surface area contributed by atoms with Crippen LogP contribution in [0.4, 0.5) is 14.9 Å². The van der Waals surface area contributed by atoms with Gasteiger partial charge >= 0.3 is 12.0 Å². The number of aliphatic hydroxyl groups is 1. The second kappa shape index (κ2) is 12.8. The number of methoxy groups -OCH3 is 1. The Balaban J connectivity index is 1.53. The van der Waals surface area contributed by atoms with Crippen LogP contribution in [0, 0.1) is 11.7 Å². The minimum atomic E-state index is -0.827. The number of nitrogens with one attached hydrogen (secondary N) is 1. The molecule has 3 aromatic rings. The van der Waals surface area contributed by atoms with Gasteiger partial charge in [-0.3, -0.25) is 4.79 Å². The van der Waals surface area contributed by atoms with Gasteiger partial charge in [0, 0.05) is 37.0 Å². The highest BCUT2D eigenvalue weighted by molar-refractivity contribution is 5.90. The van der Waals surface area contributed by atoms with Crippen molar-refractivity contribution >= 4 is 17.7 Å². The van der Waals surface area contributed by atoms with Gasteiger partial charge in [-0.2, -0.15) is 0 Å². The van der Waals surface area contributed by atoms with Crippen LogP contribution < -0.4 is 14.8 Å². The number of carbonyl (C=O) groups is 2. The molecule has 0 aliphatic carbocycles. The number of ether oxygens (including phenoxy) is 3. The van der Waals surface area contributed by atoms with E-state index in [0.29, 0.717) is 67.0 Å². The van der Waals surface area contributed by atoms with Crippen LogP contribution in [0.1, 0.15) is 52.5 Å². The van der Waals surface area contributed by atoms with Gasteiger partial charge in [-0.1, -0.05) is 26.0 Å². The molecule has 0 unspecified atom stereocenters. The summed E-state index contributed by atoms with van der Waals surface area (Å²) in [6.07, 6.45) is 1.74. The van der Waals surface area contributed by atoms with Gasteiger partial charge in [-0.25, -0.2) is 9.18 Å². The highest BCUT2D eigenvalue weighted by atomic mass is 19.1. The van der Waals surface area contributed by atoms with Crippen molar-refractivity contribution in [3.05, 3.63) is 78.1 Å². The van der Waals surface area contributed by atoms with Gasteiger partial charge in [0.05, 0.1) is 18.1 Å². The summed E-state index contributed by atoms with van der Waals surface area (Å²) in [7, 11) is 1.36. The molecule has 0 atom stereocenters. The first-order valence-corrected chi connectivity index (χ1v) is 14.1. The molecule has 4 rings (SSSR count). The minimum absolute atomic E-state index is 0.291. The Morgan fingerprint density at radius 1 is 0.929 bits per heavy atom. The van der Waals surface area contributed by atoms with Crippen molar-refractivity contribution in [2.24, 2.45) is 5.92 Å². The molecule has 224 valence electrons. The first kappa shape index (κ1) is 30.8. The van der Waals surface area contributed by atoms with Crippen LogP contribution in [0.3, 0.4) is 0 Å². The molecule has 3 aromatic carbocycles. The first-order valence-electron chi connectivity index (χ1n) is 14.1. The summed E-state index contributed by atoms with van der Waals surface area (Å²) in [5.74, 6) is 1.34. The molecule has 0 bridgehead atoms. The minimum Gasteiger partial charge on any atom is -0.468 e. The van der Waals surface area contributed by atoms with Gasteiger partial charge in [0.15, 0.2) is 0 Å². The highest BCUT2D eigenvalue weighted by Crippen LogP contribution is 2.35. The number of hydrogen-bond donors (Lipinski definition) is 2. The summed E-state index contributed by atoms with van der Waals surface area (Å²) in [5.41, 5.74) is -0.366. The largest absolute Gasteiger partial charge is 0.468 e. The van der Waals surface area contributed by atoms with Crippen LogP contribution in [-0.2, 0) is 14.9 Å². The normalized spacial score (nSPS) is 14.8. The van der Waals surface area contributed by atoms with Gasteiger partial charge in [-0.15, -0.1) is 0 Å². The summed E-state index contributed by atoms with van der Waals surface area (Å²) in [6, 6.07) is 17.4. The number of piperidine rings is 1. The Morgan fingerprint density at radius 2 is 1.45 bits per heavy atom. The number of likely N-dealkylation sites (tertiary alicyclic amines) is 1. The number of esters is 1. The standard InChI is InChI=1S/C33H39FN2O6/c1-22(2)21-33(39)14-16-36(17-15-33)31(38)35-25-18-28(20-29(19-25)42-27-12-8-24(34)9-13-27)41-26-10-6-23(7-11-26)32(3,4)30(37)40-5/h6-13,18-20,22,39H,14-17,21H2,1-5H3,(H,35,38). The van der Waals surface area contributed by atoms with Crippen LogP contribution in [0.5, 0.6) is 23.0 Å². The van der Waals surface area contributed by atoms with E-state index in [1.54, 1.807) is 61.2 Å². The summed E-state index contributed by atoms with van der Waals surface area (Å²) in [5, 5.41) is 13.8. The number of halogens is 1. The van der Waals surface area contributed by atoms with Crippen LogP contribution in [-0.4, -0.2) is 47.8 Å². The van der Waals surface area contributed by atoms with Crippen molar-refractivity contribution in [3.8, 4) is 23.0 Å². The molecule has 1 aliphatic heterocycles. The lowest BCUT2D eigenvalue weighted by Gasteiger charge is -2.39.